The Kier molecular flexibility index (Phi) is 35.6. The van der Waals surface area contributed by atoms with Crippen molar-refractivity contribution in [2.24, 2.45) is 40.6 Å². The second-order valence-electron chi connectivity index (χ2n) is 24.6. The van der Waals surface area contributed by atoms with Gasteiger partial charge in [0, 0.05) is 34.3 Å². The van der Waals surface area contributed by atoms with Crippen LogP contribution in [0.4, 0.5) is 9.59 Å². The van der Waals surface area contributed by atoms with E-state index >= 15 is 4.57 Å². The number of nitrogens with two attached hydrogens (primary N) is 2. The Morgan fingerprint density at radius 3 is 1.76 bits per heavy atom. The molecule has 2 heterocycles. The number of phosphoric acid groups is 1. The first-order valence-electron chi connectivity index (χ1n) is 29.8. The molecule has 2 aliphatic rings. The number of phosphoric ester groups is 1. The molecule has 0 aromatic rings. The average molecular weight is 1430 g/mol. The van der Waals surface area contributed by atoms with Gasteiger partial charge in [0.05, 0.1) is 13.7 Å². The summed E-state index contributed by atoms with van der Waals surface area (Å²) in [4.78, 5) is 104. The lowest BCUT2D eigenvalue weighted by molar-refractivity contribution is -0.340. The maximum absolute atomic E-state index is 15.5. The molecule has 2 aliphatic heterocycles. The molecule has 2 fully saturated rings. The predicted octanol–water partition coefficient (Wildman–Crippen LogP) is 10.7. The van der Waals surface area contributed by atoms with Crippen molar-refractivity contribution < 1.29 is 109 Å². The smallest absolute Gasteiger partial charge is 0.467 e. The number of nitrogens with one attached hydrogen (secondary N) is 1. The van der Waals surface area contributed by atoms with E-state index in [9.17, 15) is 38.4 Å². The van der Waals surface area contributed by atoms with Gasteiger partial charge in [0.1, 0.15) is 31.0 Å². The number of methoxy groups -OCH3 is 1. The van der Waals surface area contributed by atoms with Gasteiger partial charge in [-0.2, -0.15) is 0 Å². The van der Waals surface area contributed by atoms with Gasteiger partial charge in [-0.05, 0) is 62.2 Å². The van der Waals surface area contributed by atoms with Gasteiger partial charge >= 0.3 is 43.9 Å². The van der Waals surface area contributed by atoms with Crippen LogP contribution in [-0.4, -0.2) is 162 Å². The fraction of sp³-hybridized carbons (Fsp3) is 0.860. The van der Waals surface area contributed by atoms with Crippen molar-refractivity contribution >= 4 is 125 Å². The fourth-order valence-electron chi connectivity index (χ4n) is 9.67. The molecule has 0 bridgehead atoms. The minimum atomic E-state index is -5.67. The Bertz CT molecular complexity index is 2370. The highest BCUT2D eigenvalue weighted by Crippen LogP contribution is 2.59. The summed E-state index contributed by atoms with van der Waals surface area (Å²) in [5.41, 5.74) is 9.30. The first kappa shape index (κ1) is 83.1. The maximum Gasteiger partial charge on any atom is 0.508 e. The maximum atomic E-state index is 15.5. The van der Waals surface area contributed by atoms with Gasteiger partial charge in [-0.15, -0.1) is 0 Å². The monoisotopic (exact) mass is 1430 g/mol. The number of unbranched alkanes of at least 4 members (excludes halogenated alkanes) is 1. The highest BCUT2D eigenvalue weighted by Gasteiger charge is 2.60. The van der Waals surface area contributed by atoms with Crippen LogP contribution < -0.4 is 16.8 Å². The highest BCUT2D eigenvalue weighted by atomic mass is 35.6. The van der Waals surface area contributed by atoms with Gasteiger partial charge in [-0.3, -0.25) is 37.5 Å². The third-order valence-electron chi connectivity index (χ3n) is 14.8. The number of carbonyl (C=O) groups excluding carboxylic acids is 8. The molecule has 0 aromatic carbocycles. The van der Waals surface area contributed by atoms with Crippen LogP contribution in [0.5, 0.6) is 0 Å². The van der Waals surface area contributed by atoms with E-state index in [-0.39, 0.29) is 17.9 Å². The quantitative estimate of drug-likeness (QED) is 0.0170. The molecule has 26 nitrogen and oxygen atoms in total. The van der Waals surface area contributed by atoms with Crippen LogP contribution in [0.2, 0.25) is 0 Å². The molecule has 0 aliphatic carbocycles. The van der Waals surface area contributed by atoms with Crippen molar-refractivity contribution in [2.45, 2.75) is 248 Å². The number of carbonyl (C=O) groups is 8. The standard InChI is InChI=1S/C57H94Cl6N3O23P/c1-31(2)18-17-20-32(3)21-22-34(5)23-26-54(10,11)25-16-15-19-33(4)24-27-77-40(49(72)76-14)29-80-90(75,89-55(12,13)57(61,62)63)88-51-47(45(86-52(65)73)44(46(84-51)48(64)71)87-53(74)79-30-56(58,59)60)85-50-41(66-35(6)67)43(82-38(9)70)42(81-37(8)69)39(83-50)28-78-36(7)68/h31-34,39-47,50-51H,15-30H2,1-14H3,(H2,64,71)(H2,65,73)(H,66,67)/t32?,33?,34?,39-,40-,41-,42-,43-,44-,45+,46+,47-,50+,51-,90?/m1/s1. The summed E-state index contributed by atoms with van der Waals surface area (Å²) in [7, 11) is -4.63. The van der Waals surface area contributed by atoms with E-state index in [1.165, 1.54) is 38.5 Å². The molecule has 33 heteroatoms. The van der Waals surface area contributed by atoms with Crippen LogP contribution in [0.1, 0.15) is 167 Å². The van der Waals surface area contributed by atoms with Crippen LogP contribution >= 0.6 is 77.4 Å². The molecule has 0 saturated carbocycles. The van der Waals surface area contributed by atoms with Gasteiger partial charge in [0.2, 0.25) is 13.5 Å². The van der Waals surface area contributed by atoms with Crippen LogP contribution in [0, 0.1) is 29.1 Å². The number of hydrogen-bond acceptors (Lipinski definition) is 23. The van der Waals surface area contributed by atoms with Crippen LogP contribution in [0.25, 0.3) is 0 Å². The van der Waals surface area contributed by atoms with Crippen molar-refractivity contribution in [3.8, 4) is 0 Å². The summed E-state index contributed by atoms with van der Waals surface area (Å²) in [6, 6.07) is -1.84. The molecule has 5 N–H and O–H groups in total. The van der Waals surface area contributed by atoms with E-state index in [0.717, 1.165) is 92.6 Å². The summed E-state index contributed by atoms with van der Waals surface area (Å²) in [6.45, 7) is 19.2. The van der Waals surface area contributed by atoms with Gasteiger partial charge in [-0.25, -0.2) is 18.9 Å². The van der Waals surface area contributed by atoms with E-state index in [2.05, 4.69) is 46.9 Å². The Labute approximate surface area is 558 Å². The lowest BCUT2D eigenvalue weighted by atomic mass is 9.79. The average Bonchev–Trinajstić information content (AvgIpc) is 0.772. The lowest BCUT2D eigenvalue weighted by Gasteiger charge is -2.49. The Balaban J connectivity index is 2.65. The lowest BCUT2D eigenvalue weighted by Crippen LogP contribution is -2.70. The summed E-state index contributed by atoms with van der Waals surface area (Å²) in [5.74, 6) is -4.13. The minimum Gasteiger partial charge on any atom is -0.467 e. The van der Waals surface area contributed by atoms with E-state index in [1.54, 1.807) is 0 Å². The van der Waals surface area contributed by atoms with Gasteiger partial charge in [0.15, 0.2) is 55.3 Å². The summed E-state index contributed by atoms with van der Waals surface area (Å²) in [6.07, 6.45) is -11.8. The molecule has 90 heavy (non-hydrogen) atoms. The van der Waals surface area contributed by atoms with Gasteiger partial charge in [0.25, 0.3) is 5.91 Å². The third kappa shape index (κ3) is 31.1. The normalized spacial score (nSPS) is 24.5. The number of amides is 3. The Morgan fingerprint density at radius 2 is 1.22 bits per heavy atom. The molecule has 522 valence electrons. The first-order valence-corrected chi connectivity index (χ1v) is 33.5. The molecule has 4 unspecified atom stereocenters. The van der Waals surface area contributed by atoms with Crippen molar-refractivity contribution in [1.29, 1.82) is 0 Å². The highest BCUT2D eigenvalue weighted by molar-refractivity contribution is 7.48. The molecular weight excluding hydrogens is 1340 g/mol. The SMILES string of the molecule is COC(=O)[C@@H](COP(=O)(O[C@H]1O[C@H](C(N)=O)[C@H](OC(=O)OCC(Cl)(Cl)Cl)[C@H](OC(N)=O)[C@H]1O[C@@H]1O[C@H](COC(C)=O)[C@@H](OC(C)=O)[C@H](OC(C)=O)[C@H]1NC(C)=O)OC(C)(C)C(Cl)(Cl)Cl)OCCC(C)CCCCC(C)(C)CCC(C)CCC(C)CCCC(C)C. The summed E-state index contributed by atoms with van der Waals surface area (Å²) in [5, 5.41) is 2.44. The predicted molar refractivity (Wildman–Crippen MR) is 331 cm³/mol. The molecular formula is C57H94Cl6N3O23P. The van der Waals surface area contributed by atoms with E-state index in [0.29, 0.717) is 12.3 Å². The number of hydrogen-bond donors (Lipinski definition) is 3. The summed E-state index contributed by atoms with van der Waals surface area (Å²) < 4.78 is 89.8. The van der Waals surface area contributed by atoms with Crippen LogP contribution in [0.3, 0.4) is 0 Å². The summed E-state index contributed by atoms with van der Waals surface area (Å²) >= 11 is 36.3. The van der Waals surface area contributed by atoms with Gasteiger partial charge < -0.3 is 68.9 Å². The minimum absolute atomic E-state index is 0.0444. The van der Waals surface area contributed by atoms with Crippen molar-refractivity contribution in [2.75, 3.05) is 33.5 Å². The zero-order valence-corrected chi connectivity index (χ0v) is 59.2. The van der Waals surface area contributed by atoms with Crippen molar-refractivity contribution in [3.05, 3.63) is 0 Å². The second kappa shape index (κ2) is 38.6. The molecule has 2 rings (SSSR count). The largest absolute Gasteiger partial charge is 0.508 e. The van der Waals surface area contributed by atoms with Crippen LogP contribution in [0.15, 0.2) is 0 Å². The number of alkyl halides is 6. The number of esters is 4. The van der Waals surface area contributed by atoms with E-state index in [4.69, 9.17) is 147 Å². The second-order valence-corrected chi connectivity index (χ2v) is 30.9. The topological polar surface area (TPSA) is 347 Å². The zero-order chi connectivity index (χ0) is 68.7. The van der Waals surface area contributed by atoms with E-state index in [1.807, 2.05) is 6.92 Å². The number of primary amides is 2. The van der Waals surface area contributed by atoms with E-state index < -0.39 is 156 Å². The molecule has 0 spiro atoms. The number of rotatable bonds is 38. The van der Waals surface area contributed by atoms with Crippen LogP contribution in [-0.2, 0) is 99.0 Å². The number of ether oxygens (including phenoxy) is 11. The number of halogens is 6. The molecule has 3 amide bonds. The fourth-order valence-corrected chi connectivity index (χ4v) is 11.7. The third-order valence-corrected chi connectivity index (χ3v) is 18.1. The first-order chi connectivity index (χ1) is 41.5. The zero-order valence-electron chi connectivity index (χ0n) is 53.7. The molecule has 15 atom stereocenters. The Morgan fingerprint density at radius 1 is 0.633 bits per heavy atom. The van der Waals surface area contributed by atoms with Gasteiger partial charge in [-0.1, -0.05) is 176 Å². The molecule has 0 aromatic heterocycles. The molecule has 0 radical (unpaired) electrons. The Hall–Kier alpha value is -2.95. The molecule has 2 saturated heterocycles. The van der Waals surface area contributed by atoms with Crippen molar-refractivity contribution in [3.63, 3.8) is 0 Å². The van der Waals surface area contributed by atoms with Crippen molar-refractivity contribution in [1.82, 2.24) is 5.32 Å².